The third-order valence-electron chi connectivity index (χ3n) is 3.32. The van der Waals surface area contributed by atoms with Gasteiger partial charge >= 0.3 is 5.97 Å². The molecule has 1 aliphatic rings. The van der Waals surface area contributed by atoms with Crippen LogP contribution >= 0.6 is 0 Å². The minimum absolute atomic E-state index is 0.0179. The molecular weight excluding hydrogens is 286 g/mol. The van der Waals surface area contributed by atoms with Crippen molar-refractivity contribution in [2.45, 2.75) is 19.6 Å². The van der Waals surface area contributed by atoms with Gasteiger partial charge in [-0.25, -0.2) is 9.68 Å². The Hall–Kier alpha value is -2.31. The molecule has 116 valence electrons. The summed E-state index contributed by atoms with van der Waals surface area (Å²) >= 11 is 0. The van der Waals surface area contributed by atoms with Gasteiger partial charge < -0.3 is 14.5 Å². The van der Waals surface area contributed by atoms with E-state index in [4.69, 9.17) is 19.2 Å². The first-order valence-corrected chi connectivity index (χ1v) is 6.89. The van der Waals surface area contributed by atoms with Crippen LogP contribution in [0.1, 0.15) is 19.4 Å². The molecule has 0 spiro atoms. The normalized spacial score (nSPS) is 20.0. The average Bonchev–Trinajstić information content (AvgIpc) is 2.82. The summed E-state index contributed by atoms with van der Waals surface area (Å²) in [6.45, 7) is 3.25. The number of hydrogen-bond donors (Lipinski definition) is 1. The lowest BCUT2D eigenvalue weighted by molar-refractivity contribution is -0.395. The van der Waals surface area contributed by atoms with Crippen LogP contribution in [0.3, 0.4) is 0 Å². The van der Waals surface area contributed by atoms with E-state index in [0.29, 0.717) is 5.57 Å². The van der Waals surface area contributed by atoms with Crippen LogP contribution in [0.15, 0.2) is 30.0 Å². The summed E-state index contributed by atoms with van der Waals surface area (Å²) < 4.78 is 10.6. The second-order valence-corrected chi connectivity index (χ2v) is 5.43. The molecule has 1 aliphatic heterocycles. The fourth-order valence-electron chi connectivity index (χ4n) is 2.35. The second-order valence-electron chi connectivity index (χ2n) is 5.43. The van der Waals surface area contributed by atoms with Gasteiger partial charge in [-0.05, 0) is 18.2 Å². The van der Waals surface area contributed by atoms with Crippen molar-refractivity contribution >= 4 is 22.9 Å². The molecule has 1 fully saturated rings. The minimum atomic E-state index is -1.11. The number of esters is 1. The van der Waals surface area contributed by atoms with E-state index in [1.54, 1.807) is 27.0 Å². The number of carbonyl (C=O) groups is 1. The summed E-state index contributed by atoms with van der Waals surface area (Å²) in [5.41, 5.74) is 2.12. The van der Waals surface area contributed by atoms with Gasteiger partial charge in [-0.3, -0.25) is 0 Å². The Morgan fingerprint density at radius 1 is 1.36 bits per heavy atom. The van der Waals surface area contributed by atoms with Crippen molar-refractivity contribution in [1.29, 1.82) is 0 Å². The van der Waals surface area contributed by atoms with Gasteiger partial charge in [-0.1, -0.05) is 6.07 Å². The largest absolute Gasteiger partial charge is 0.496 e. The first-order valence-electron chi connectivity index (χ1n) is 6.89. The van der Waals surface area contributed by atoms with E-state index < -0.39 is 11.8 Å². The highest BCUT2D eigenvalue weighted by Gasteiger charge is 2.31. The van der Waals surface area contributed by atoms with Crippen LogP contribution in [-0.4, -0.2) is 30.5 Å². The smallest absolute Gasteiger partial charge is 0.339 e. The maximum absolute atomic E-state index is 12.2. The number of cyclic esters (lactones) is 1. The molecule has 6 nitrogen and oxygen atoms in total. The maximum atomic E-state index is 12.2. The van der Waals surface area contributed by atoms with E-state index in [9.17, 15) is 4.79 Å². The molecule has 1 saturated heterocycles. The highest BCUT2D eigenvalue weighted by molar-refractivity contribution is 6.00. The fourth-order valence-corrected chi connectivity index (χ4v) is 2.35. The Morgan fingerprint density at radius 2 is 2.18 bits per heavy atom. The third kappa shape index (κ3) is 2.70. The molecule has 1 N–H and O–H groups in total. The van der Waals surface area contributed by atoms with Crippen LogP contribution in [0.2, 0.25) is 0 Å². The van der Waals surface area contributed by atoms with E-state index in [2.05, 4.69) is 4.98 Å². The summed E-state index contributed by atoms with van der Waals surface area (Å²) in [4.78, 5) is 25.4. The van der Waals surface area contributed by atoms with Crippen molar-refractivity contribution in [3.05, 3.63) is 35.5 Å². The third-order valence-corrected chi connectivity index (χ3v) is 3.32. The number of carbonyl (C=O) groups excluding carboxylic acids is 1. The highest BCUT2D eigenvalue weighted by Crippen LogP contribution is 2.30. The molecule has 0 bridgehead atoms. The van der Waals surface area contributed by atoms with Gasteiger partial charge in [0.05, 0.1) is 12.7 Å². The van der Waals surface area contributed by atoms with Crippen molar-refractivity contribution in [3.8, 4) is 5.75 Å². The molecule has 0 atom stereocenters. The summed E-state index contributed by atoms with van der Waals surface area (Å²) in [7, 11) is 1.61. The number of aromatic nitrogens is 1. The molecule has 1 aromatic heterocycles. The average molecular weight is 303 g/mol. The Morgan fingerprint density at radius 3 is 2.95 bits per heavy atom. The molecule has 0 saturated carbocycles. The van der Waals surface area contributed by atoms with Crippen LogP contribution in [0.4, 0.5) is 0 Å². The number of H-pyrrole nitrogens is 1. The lowest BCUT2D eigenvalue weighted by atomic mass is 10.1. The molecule has 3 rings (SSSR count). The van der Waals surface area contributed by atoms with Gasteiger partial charge in [-0.2, -0.15) is 4.89 Å². The lowest BCUT2D eigenvalue weighted by Crippen LogP contribution is -2.28. The van der Waals surface area contributed by atoms with Gasteiger partial charge in [0.1, 0.15) is 12.4 Å². The first kappa shape index (κ1) is 14.6. The predicted octanol–water partition coefficient (Wildman–Crippen LogP) is 2.80. The number of fused-ring (bicyclic) bond motifs is 1. The Bertz CT molecular complexity index is 744. The SMILES string of the molecule is COc1cccc2[nH]cc(/C=C3/COOC(C)(C)OC3=O)c12. The first-order chi connectivity index (χ1) is 10.5. The van der Waals surface area contributed by atoms with E-state index in [1.165, 1.54) is 0 Å². The Balaban J connectivity index is 2.03. The summed E-state index contributed by atoms with van der Waals surface area (Å²) in [6.07, 6.45) is 3.53. The van der Waals surface area contributed by atoms with Gasteiger partial charge in [0.25, 0.3) is 0 Å². The topological polar surface area (TPSA) is 69.8 Å². The van der Waals surface area contributed by atoms with Gasteiger partial charge in [0, 0.05) is 36.5 Å². The van der Waals surface area contributed by atoms with Crippen LogP contribution in [-0.2, 0) is 19.3 Å². The number of nitrogens with one attached hydrogen (secondary N) is 1. The molecule has 0 radical (unpaired) electrons. The zero-order chi connectivity index (χ0) is 15.7. The second kappa shape index (κ2) is 5.47. The number of benzene rings is 1. The molecular formula is C16H17NO5. The van der Waals surface area contributed by atoms with Gasteiger partial charge in [0.2, 0.25) is 5.79 Å². The Labute approximate surface area is 127 Å². The summed E-state index contributed by atoms with van der Waals surface area (Å²) in [6, 6.07) is 5.70. The highest BCUT2D eigenvalue weighted by atomic mass is 17.2. The summed E-state index contributed by atoms with van der Waals surface area (Å²) in [5, 5.41) is 0.898. The standard InChI is InChI=1S/C16H17NO5/c1-16(2)21-15(18)11(9-20-22-16)7-10-8-17-12-5-4-6-13(19-3)14(10)12/h4-8,17H,9H2,1-3H3/b11-7-. The molecule has 0 amide bonds. The quantitative estimate of drug-likeness (QED) is 0.525. The van der Waals surface area contributed by atoms with Crippen molar-refractivity contribution in [3.63, 3.8) is 0 Å². The molecule has 22 heavy (non-hydrogen) atoms. The van der Waals surface area contributed by atoms with Gasteiger partial charge in [0.15, 0.2) is 0 Å². The summed E-state index contributed by atoms with van der Waals surface area (Å²) in [5.74, 6) is -0.846. The van der Waals surface area contributed by atoms with Crippen molar-refractivity contribution < 1.29 is 24.0 Å². The number of aromatic amines is 1. The van der Waals surface area contributed by atoms with Crippen LogP contribution in [0.5, 0.6) is 5.75 Å². The predicted molar refractivity (Wildman–Crippen MR) is 80.0 cm³/mol. The van der Waals surface area contributed by atoms with E-state index in [-0.39, 0.29) is 6.61 Å². The van der Waals surface area contributed by atoms with Crippen molar-refractivity contribution in [2.75, 3.05) is 13.7 Å². The zero-order valence-electron chi connectivity index (χ0n) is 12.6. The molecule has 1 aromatic carbocycles. The number of rotatable bonds is 2. The molecule has 2 aromatic rings. The van der Waals surface area contributed by atoms with E-state index in [0.717, 1.165) is 22.2 Å². The van der Waals surface area contributed by atoms with Crippen LogP contribution in [0.25, 0.3) is 17.0 Å². The number of hydrogen-bond acceptors (Lipinski definition) is 5. The van der Waals surface area contributed by atoms with Crippen molar-refractivity contribution in [2.24, 2.45) is 0 Å². The van der Waals surface area contributed by atoms with Crippen molar-refractivity contribution in [1.82, 2.24) is 4.98 Å². The minimum Gasteiger partial charge on any atom is -0.496 e. The molecule has 0 unspecified atom stereocenters. The monoisotopic (exact) mass is 303 g/mol. The fraction of sp³-hybridized carbons (Fsp3) is 0.312. The van der Waals surface area contributed by atoms with Crippen LogP contribution < -0.4 is 4.74 Å². The van der Waals surface area contributed by atoms with E-state index >= 15 is 0 Å². The van der Waals surface area contributed by atoms with E-state index in [1.807, 2.05) is 24.4 Å². The maximum Gasteiger partial charge on any atom is 0.339 e. The zero-order valence-corrected chi connectivity index (χ0v) is 12.6. The molecule has 6 heteroatoms. The van der Waals surface area contributed by atoms with Gasteiger partial charge in [-0.15, -0.1) is 0 Å². The molecule has 2 heterocycles. The number of methoxy groups -OCH3 is 1. The lowest BCUT2D eigenvalue weighted by Gasteiger charge is -2.19. The van der Waals surface area contributed by atoms with Crippen LogP contribution in [0, 0.1) is 0 Å². The number of ether oxygens (including phenoxy) is 2. The molecule has 0 aliphatic carbocycles. The Kier molecular flexibility index (Phi) is 3.64.